The Hall–Kier alpha value is -0.530. The molecule has 2 heteroatoms. The molecule has 0 bridgehead atoms. The van der Waals surface area contributed by atoms with Crippen molar-refractivity contribution >= 4 is 11.6 Å². The summed E-state index contributed by atoms with van der Waals surface area (Å²) in [6, 6.07) is 9.23. The second kappa shape index (κ2) is 7.73. The first-order valence-corrected chi connectivity index (χ1v) is 7.10. The van der Waals surface area contributed by atoms with Gasteiger partial charge in [0.1, 0.15) is 0 Å². The zero-order valence-electron chi connectivity index (χ0n) is 11.2. The van der Waals surface area contributed by atoms with Crippen LogP contribution in [0.25, 0.3) is 0 Å². The molecule has 17 heavy (non-hydrogen) atoms. The van der Waals surface area contributed by atoms with Gasteiger partial charge in [-0.2, -0.15) is 0 Å². The highest BCUT2D eigenvalue weighted by Gasteiger charge is 2.13. The average molecular weight is 254 g/mol. The van der Waals surface area contributed by atoms with Gasteiger partial charge in [-0.3, -0.25) is 0 Å². The molecule has 1 rings (SSSR count). The van der Waals surface area contributed by atoms with Crippen LogP contribution in [0.15, 0.2) is 24.3 Å². The highest BCUT2D eigenvalue weighted by molar-refractivity contribution is 6.30. The van der Waals surface area contributed by atoms with Crippen LogP contribution < -0.4 is 5.32 Å². The van der Waals surface area contributed by atoms with Crippen molar-refractivity contribution in [3.8, 4) is 0 Å². The molecule has 0 aliphatic heterocycles. The van der Waals surface area contributed by atoms with Crippen LogP contribution in [-0.2, 0) is 0 Å². The Bertz CT molecular complexity index is 324. The van der Waals surface area contributed by atoms with E-state index in [9.17, 15) is 0 Å². The molecule has 96 valence electrons. The minimum atomic E-state index is 0.421. The summed E-state index contributed by atoms with van der Waals surface area (Å²) in [7, 11) is 0. The maximum Gasteiger partial charge on any atom is 0.0409 e. The summed E-state index contributed by atoms with van der Waals surface area (Å²) >= 11 is 6.05. The van der Waals surface area contributed by atoms with E-state index in [2.05, 4.69) is 38.2 Å². The van der Waals surface area contributed by atoms with E-state index in [0.29, 0.717) is 12.1 Å². The number of halogens is 1. The molecule has 0 saturated carbocycles. The molecular formula is C15H24ClN. The van der Waals surface area contributed by atoms with Gasteiger partial charge in [-0.1, -0.05) is 50.9 Å². The summed E-state index contributed by atoms with van der Waals surface area (Å²) in [4.78, 5) is 0. The molecule has 2 atom stereocenters. The lowest BCUT2D eigenvalue weighted by Gasteiger charge is -2.24. The third-order valence-corrected chi connectivity index (χ3v) is 3.46. The molecule has 2 unspecified atom stereocenters. The molecule has 1 N–H and O–H groups in total. The summed E-state index contributed by atoms with van der Waals surface area (Å²) in [6.45, 7) is 6.71. The molecule has 0 radical (unpaired) electrons. The van der Waals surface area contributed by atoms with Crippen molar-refractivity contribution < 1.29 is 0 Å². The lowest BCUT2D eigenvalue weighted by atomic mass is 10.0. The van der Waals surface area contributed by atoms with Crippen molar-refractivity contribution in [2.45, 2.75) is 58.5 Å². The fourth-order valence-electron chi connectivity index (χ4n) is 2.21. The largest absolute Gasteiger partial charge is 0.307 e. The van der Waals surface area contributed by atoms with Crippen molar-refractivity contribution in [3.63, 3.8) is 0 Å². The summed E-state index contributed by atoms with van der Waals surface area (Å²) in [5, 5.41) is 4.56. The average Bonchev–Trinajstić information content (AvgIpc) is 2.34. The minimum Gasteiger partial charge on any atom is -0.307 e. The standard InChI is InChI=1S/C15H24ClN/c1-4-8-14(5-2)17-15(6-3)12-9-7-10-13(16)11-12/h7,9-11,14-15,17H,4-6,8H2,1-3H3. The van der Waals surface area contributed by atoms with Crippen LogP contribution in [0.4, 0.5) is 0 Å². The molecule has 0 saturated heterocycles. The third-order valence-electron chi connectivity index (χ3n) is 3.23. The highest BCUT2D eigenvalue weighted by atomic mass is 35.5. The first-order chi connectivity index (χ1) is 8.21. The van der Waals surface area contributed by atoms with E-state index < -0.39 is 0 Å². The number of benzene rings is 1. The van der Waals surface area contributed by atoms with Gasteiger partial charge in [-0.05, 0) is 37.0 Å². The highest BCUT2D eigenvalue weighted by Crippen LogP contribution is 2.21. The number of hydrogen-bond donors (Lipinski definition) is 1. The van der Waals surface area contributed by atoms with Gasteiger partial charge in [0.05, 0.1) is 0 Å². The van der Waals surface area contributed by atoms with Crippen LogP contribution in [0, 0.1) is 0 Å². The first kappa shape index (κ1) is 14.5. The Morgan fingerprint density at radius 3 is 2.47 bits per heavy atom. The Morgan fingerprint density at radius 1 is 1.18 bits per heavy atom. The van der Waals surface area contributed by atoms with Gasteiger partial charge in [0.25, 0.3) is 0 Å². The normalized spacial score (nSPS) is 14.6. The van der Waals surface area contributed by atoms with Crippen LogP contribution in [0.5, 0.6) is 0 Å². The maximum absolute atomic E-state index is 6.05. The Kier molecular flexibility index (Phi) is 6.61. The van der Waals surface area contributed by atoms with Gasteiger partial charge in [0.2, 0.25) is 0 Å². The number of rotatable bonds is 7. The summed E-state index contributed by atoms with van der Waals surface area (Å²) < 4.78 is 0. The molecule has 0 spiro atoms. The van der Waals surface area contributed by atoms with Gasteiger partial charge < -0.3 is 5.32 Å². The predicted molar refractivity (Wildman–Crippen MR) is 76.6 cm³/mol. The molecule has 0 amide bonds. The number of nitrogens with one attached hydrogen (secondary N) is 1. The molecule has 1 aromatic rings. The lowest BCUT2D eigenvalue weighted by Crippen LogP contribution is -2.32. The van der Waals surface area contributed by atoms with E-state index in [1.54, 1.807) is 0 Å². The van der Waals surface area contributed by atoms with Crippen molar-refractivity contribution in [1.82, 2.24) is 5.32 Å². The van der Waals surface area contributed by atoms with Gasteiger partial charge >= 0.3 is 0 Å². The van der Waals surface area contributed by atoms with Crippen molar-refractivity contribution in [2.24, 2.45) is 0 Å². The van der Waals surface area contributed by atoms with Gasteiger partial charge in [-0.25, -0.2) is 0 Å². The van der Waals surface area contributed by atoms with Gasteiger partial charge in [0.15, 0.2) is 0 Å². The van der Waals surface area contributed by atoms with E-state index in [1.807, 2.05) is 12.1 Å². The Labute approximate surface area is 111 Å². The minimum absolute atomic E-state index is 0.421. The van der Waals surface area contributed by atoms with Crippen LogP contribution in [0.3, 0.4) is 0 Å². The summed E-state index contributed by atoms with van der Waals surface area (Å²) in [6.07, 6.45) is 4.76. The SMILES string of the molecule is CCCC(CC)NC(CC)c1cccc(Cl)c1. The lowest BCUT2D eigenvalue weighted by molar-refractivity contribution is 0.394. The first-order valence-electron chi connectivity index (χ1n) is 6.72. The molecule has 0 aliphatic rings. The van der Waals surface area contributed by atoms with E-state index in [-0.39, 0.29) is 0 Å². The van der Waals surface area contributed by atoms with Crippen LogP contribution >= 0.6 is 11.6 Å². The van der Waals surface area contributed by atoms with Crippen molar-refractivity contribution in [1.29, 1.82) is 0 Å². The topological polar surface area (TPSA) is 12.0 Å². The van der Waals surface area contributed by atoms with Crippen LogP contribution in [-0.4, -0.2) is 6.04 Å². The Balaban J connectivity index is 2.70. The monoisotopic (exact) mass is 253 g/mol. The third kappa shape index (κ3) is 4.69. The second-order valence-electron chi connectivity index (χ2n) is 4.58. The zero-order chi connectivity index (χ0) is 12.7. The van der Waals surface area contributed by atoms with Crippen molar-refractivity contribution in [2.75, 3.05) is 0 Å². The quantitative estimate of drug-likeness (QED) is 0.724. The maximum atomic E-state index is 6.05. The summed E-state index contributed by atoms with van der Waals surface area (Å²) in [5.74, 6) is 0. The molecule has 0 aromatic heterocycles. The predicted octanol–water partition coefficient (Wildman–Crippen LogP) is 4.96. The van der Waals surface area contributed by atoms with E-state index in [1.165, 1.54) is 24.8 Å². The molecule has 0 heterocycles. The molecule has 0 aliphatic carbocycles. The Morgan fingerprint density at radius 2 is 1.94 bits per heavy atom. The fourth-order valence-corrected chi connectivity index (χ4v) is 2.41. The van der Waals surface area contributed by atoms with Crippen LogP contribution in [0.1, 0.15) is 58.1 Å². The van der Waals surface area contributed by atoms with Crippen molar-refractivity contribution in [3.05, 3.63) is 34.9 Å². The smallest absolute Gasteiger partial charge is 0.0409 e. The number of hydrogen-bond acceptors (Lipinski definition) is 1. The van der Waals surface area contributed by atoms with E-state index in [0.717, 1.165) is 11.4 Å². The molecule has 1 aromatic carbocycles. The van der Waals surface area contributed by atoms with E-state index >= 15 is 0 Å². The molecular weight excluding hydrogens is 230 g/mol. The fraction of sp³-hybridized carbons (Fsp3) is 0.600. The zero-order valence-corrected chi connectivity index (χ0v) is 11.9. The van der Waals surface area contributed by atoms with Gasteiger partial charge in [0, 0.05) is 17.1 Å². The molecule has 0 fully saturated rings. The summed E-state index contributed by atoms with van der Waals surface area (Å²) in [5.41, 5.74) is 1.30. The van der Waals surface area contributed by atoms with Crippen LogP contribution in [0.2, 0.25) is 5.02 Å². The molecule has 1 nitrogen and oxygen atoms in total. The van der Waals surface area contributed by atoms with E-state index in [4.69, 9.17) is 11.6 Å². The van der Waals surface area contributed by atoms with Gasteiger partial charge in [-0.15, -0.1) is 0 Å². The second-order valence-corrected chi connectivity index (χ2v) is 5.01.